The van der Waals surface area contributed by atoms with Gasteiger partial charge in [-0.25, -0.2) is 0 Å². The quantitative estimate of drug-likeness (QED) is 0.127. The average Bonchev–Trinajstić information content (AvgIpc) is 2.99. The van der Waals surface area contributed by atoms with Gasteiger partial charge in [0, 0.05) is 27.2 Å². The van der Waals surface area contributed by atoms with Gasteiger partial charge in [0.2, 0.25) is 0 Å². The summed E-state index contributed by atoms with van der Waals surface area (Å²) < 4.78 is 16.2. The maximum Gasteiger partial charge on any atom is 0.303 e. The van der Waals surface area contributed by atoms with Gasteiger partial charge in [-0.15, -0.1) is 0 Å². The number of aliphatic carboxylic acids is 1. The minimum absolute atomic E-state index is 0.0280. The van der Waals surface area contributed by atoms with Crippen molar-refractivity contribution in [1.29, 1.82) is 0 Å². The number of carbonyl (C=O) groups excluding carboxylic acids is 4. The minimum Gasteiger partial charge on any atom is -0.481 e. The van der Waals surface area contributed by atoms with Gasteiger partial charge in [0.15, 0.2) is 18.0 Å². The first-order valence-electron chi connectivity index (χ1n) is 12.4. The second-order valence-electron chi connectivity index (χ2n) is 9.08. The number of Topliss-reactive ketones (excluding diaryl/α,β-unsaturated/α-hetero) is 1. The van der Waals surface area contributed by atoms with E-state index in [9.17, 15) is 29.1 Å². The zero-order valence-electron chi connectivity index (χ0n) is 21.7. The van der Waals surface area contributed by atoms with Crippen LogP contribution in [0.4, 0.5) is 0 Å². The Kier molecular flexibility index (Phi) is 13.5. The van der Waals surface area contributed by atoms with Gasteiger partial charge in [-0.05, 0) is 38.2 Å². The number of rotatable bonds is 16. The number of hydrogen-bond donors (Lipinski definition) is 2. The maximum absolute atomic E-state index is 13.2. The van der Waals surface area contributed by atoms with E-state index in [4.69, 9.17) is 30.9 Å². The smallest absolute Gasteiger partial charge is 0.303 e. The predicted molar refractivity (Wildman–Crippen MR) is 133 cm³/mol. The molecule has 1 aliphatic carbocycles. The van der Waals surface area contributed by atoms with Crippen molar-refractivity contribution >= 4 is 41.3 Å². The minimum atomic E-state index is -1.89. The SMILES string of the molecule is CCCCC/C=C\CC1(O)C=C(Cl)C(=O)C1C(OC(C)=O)C(OC(C)=O)C(CCCC(=O)O)OC(C)=O. The molecule has 0 aromatic carbocycles. The summed E-state index contributed by atoms with van der Waals surface area (Å²) in [5.41, 5.74) is -1.89. The molecule has 0 spiro atoms. The predicted octanol–water partition coefficient (Wildman–Crippen LogP) is 3.62. The highest BCUT2D eigenvalue weighted by atomic mass is 35.5. The van der Waals surface area contributed by atoms with Crippen molar-refractivity contribution < 1.29 is 48.4 Å². The Morgan fingerprint density at radius 1 is 1.03 bits per heavy atom. The molecule has 37 heavy (non-hydrogen) atoms. The zero-order valence-corrected chi connectivity index (χ0v) is 22.5. The van der Waals surface area contributed by atoms with Gasteiger partial charge in [-0.3, -0.25) is 24.0 Å². The van der Waals surface area contributed by atoms with Gasteiger partial charge in [0.05, 0.1) is 11.0 Å². The van der Waals surface area contributed by atoms with Gasteiger partial charge in [0.25, 0.3) is 0 Å². The molecular formula is C26H37ClO10. The van der Waals surface area contributed by atoms with Gasteiger partial charge >= 0.3 is 23.9 Å². The zero-order chi connectivity index (χ0) is 28.2. The van der Waals surface area contributed by atoms with Crippen molar-refractivity contribution in [3.63, 3.8) is 0 Å². The molecule has 0 radical (unpaired) electrons. The van der Waals surface area contributed by atoms with E-state index < -0.39 is 59.5 Å². The van der Waals surface area contributed by atoms with Crippen LogP contribution in [0.3, 0.4) is 0 Å². The van der Waals surface area contributed by atoms with E-state index in [1.165, 1.54) is 6.08 Å². The number of unbranched alkanes of at least 4 members (excludes halogenated alkanes) is 3. The van der Waals surface area contributed by atoms with Crippen molar-refractivity contribution in [2.24, 2.45) is 5.92 Å². The monoisotopic (exact) mass is 544 g/mol. The van der Waals surface area contributed by atoms with Gasteiger partial charge in [-0.1, -0.05) is 43.5 Å². The van der Waals surface area contributed by atoms with Crippen LogP contribution >= 0.6 is 11.6 Å². The van der Waals surface area contributed by atoms with E-state index >= 15 is 0 Å². The van der Waals surface area contributed by atoms with Crippen LogP contribution in [-0.4, -0.2) is 63.8 Å². The molecule has 10 nitrogen and oxygen atoms in total. The normalized spacial score (nSPS) is 21.7. The van der Waals surface area contributed by atoms with Gasteiger partial charge < -0.3 is 24.4 Å². The number of hydrogen-bond acceptors (Lipinski definition) is 9. The lowest BCUT2D eigenvalue weighted by molar-refractivity contribution is -0.194. The van der Waals surface area contributed by atoms with Crippen molar-refractivity contribution in [1.82, 2.24) is 0 Å². The molecule has 0 bridgehead atoms. The molecule has 0 fully saturated rings. The average molecular weight is 545 g/mol. The maximum atomic E-state index is 13.2. The van der Waals surface area contributed by atoms with E-state index in [2.05, 4.69) is 6.92 Å². The summed E-state index contributed by atoms with van der Waals surface area (Å²) in [4.78, 5) is 60.2. The first kappa shape index (κ1) is 32.3. The Morgan fingerprint density at radius 2 is 1.65 bits per heavy atom. The number of halogens is 1. The fraction of sp³-hybridized carbons (Fsp3) is 0.654. The van der Waals surface area contributed by atoms with Crippen LogP contribution in [0.25, 0.3) is 0 Å². The van der Waals surface area contributed by atoms with E-state index in [1.807, 2.05) is 6.08 Å². The second-order valence-corrected chi connectivity index (χ2v) is 9.49. The molecule has 11 heteroatoms. The molecule has 0 saturated heterocycles. The Morgan fingerprint density at radius 3 is 2.19 bits per heavy atom. The summed E-state index contributed by atoms with van der Waals surface area (Å²) in [6, 6.07) is 0. The van der Waals surface area contributed by atoms with E-state index in [0.717, 1.165) is 46.5 Å². The molecule has 0 aromatic rings. The molecule has 2 N–H and O–H groups in total. The lowest BCUT2D eigenvalue weighted by Gasteiger charge is -2.39. The van der Waals surface area contributed by atoms with Crippen LogP contribution < -0.4 is 0 Å². The fourth-order valence-corrected chi connectivity index (χ4v) is 4.60. The number of carboxylic acids is 1. The van der Waals surface area contributed by atoms with Gasteiger partial charge in [0.1, 0.15) is 11.7 Å². The molecule has 5 atom stereocenters. The van der Waals surface area contributed by atoms with Crippen molar-refractivity contribution in [2.75, 3.05) is 0 Å². The van der Waals surface area contributed by atoms with Crippen LogP contribution in [0.5, 0.6) is 0 Å². The number of carbonyl (C=O) groups is 5. The topological polar surface area (TPSA) is 154 Å². The summed E-state index contributed by atoms with van der Waals surface area (Å²) in [7, 11) is 0. The van der Waals surface area contributed by atoms with Crippen molar-refractivity contribution in [3.8, 4) is 0 Å². The first-order valence-corrected chi connectivity index (χ1v) is 12.7. The summed E-state index contributed by atoms with van der Waals surface area (Å²) in [6.45, 7) is 5.33. The van der Waals surface area contributed by atoms with Crippen LogP contribution in [0.15, 0.2) is 23.3 Å². The second kappa shape index (κ2) is 15.5. The molecule has 1 rings (SSSR count). The molecule has 0 heterocycles. The van der Waals surface area contributed by atoms with Crippen molar-refractivity contribution in [3.05, 3.63) is 23.3 Å². The number of ketones is 1. The number of allylic oxidation sites excluding steroid dienone is 2. The summed E-state index contributed by atoms with van der Waals surface area (Å²) in [6.07, 6.45) is 3.78. The molecule has 1 aliphatic rings. The highest BCUT2D eigenvalue weighted by Crippen LogP contribution is 2.41. The third-order valence-corrected chi connectivity index (χ3v) is 6.13. The summed E-state index contributed by atoms with van der Waals surface area (Å²) >= 11 is 6.13. The van der Waals surface area contributed by atoms with E-state index in [-0.39, 0.29) is 30.7 Å². The van der Waals surface area contributed by atoms with Gasteiger partial charge in [-0.2, -0.15) is 0 Å². The van der Waals surface area contributed by atoms with Crippen LogP contribution in [-0.2, 0) is 38.2 Å². The molecule has 0 amide bonds. The molecule has 5 unspecified atom stereocenters. The third kappa shape index (κ3) is 10.7. The number of carboxylic acid groups (broad SMARTS) is 1. The largest absolute Gasteiger partial charge is 0.481 e. The lowest BCUT2D eigenvalue weighted by Crippen LogP contribution is -2.55. The van der Waals surface area contributed by atoms with Crippen LogP contribution in [0.1, 0.15) is 79.1 Å². The third-order valence-electron chi connectivity index (χ3n) is 5.84. The number of esters is 3. The summed E-state index contributed by atoms with van der Waals surface area (Å²) in [5, 5.41) is 20.3. The lowest BCUT2D eigenvalue weighted by atomic mass is 9.79. The first-order chi connectivity index (χ1) is 17.3. The van der Waals surface area contributed by atoms with Crippen LogP contribution in [0.2, 0.25) is 0 Å². The molecule has 0 aromatic heterocycles. The molecule has 208 valence electrons. The highest BCUT2D eigenvalue weighted by molar-refractivity contribution is 6.44. The molecular weight excluding hydrogens is 508 g/mol. The Bertz CT molecular complexity index is 896. The fourth-order valence-electron chi connectivity index (χ4n) is 4.30. The van der Waals surface area contributed by atoms with Crippen LogP contribution in [0, 0.1) is 5.92 Å². The number of aliphatic hydroxyl groups is 1. The van der Waals surface area contributed by atoms with E-state index in [0.29, 0.717) is 0 Å². The highest BCUT2D eigenvalue weighted by Gasteiger charge is 2.56. The molecule has 0 aliphatic heterocycles. The summed E-state index contributed by atoms with van der Waals surface area (Å²) in [5.74, 6) is -5.75. The molecule has 0 saturated carbocycles. The Balaban J connectivity index is 3.45. The Hall–Kier alpha value is -2.72. The number of ether oxygens (including phenoxy) is 3. The van der Waals surface area contributed by atoms with E-state index in [1.54, 1.807) is 6.08 Å². The van der Waals surface area contributed by atoms with Crippen molar-refractivity contribution in [2.45, 2.75) is 103 Å². The Labute approximate surface area is 222 Å². The standard InChI is InChI=1S/C26H37ClO10/c1-5-6-7-8-9-10-14-26(34)15-19(27)23(33)22(26)25(37-18(4)30)24(36-17(3)29)20(35-16(2)28)12-11-13-21(31)32/h9-10,15,20,22,24-25,34H,5-8,11-14H2,1-4H3,(H,31,32)/b10-9-.